The summed E-state index contributed by atoms with van der Waals surface area (Å²) >= 11 is 0. The summed E-state index contributed by atoms with van der Waals surface area (Å²) in [5.74, 6) is -0.849. The monoisotopic (exact) mass is 900 g/mol. The summed E-state index contributed by atoms with van der Waals surface area (Å²) in [5, 5.41) is 3.66. The molecule has 19 heteroatoms. The fraction of sp³-hybridized carbons (Fsp3) is 0.463. The van der Waals surface area contributed by atoms with Crippen LogP contribution in [0.5, 0.6) is 0 Å². The van der Waals surface area contributed by atoms with Gasteiger partial charge in [-0.05, 0) is 80.0 Å². The SMILES string of the molecule is CN1C(=O)[C@@]23C[C@]4(C[C@]56C[C@@]78SS[C@@](C)(C(=O)N7[C@H]5N(S(=O)(=O)c5ccccc5)c5ccccc56)N(CCCCN=[N+]=[N-])C8=O)c5ccccc5C[C@@H]4N2C(=O)[C@]1(C)SS3. The first-order valence-electron chi connectivity index (χ1n) is 20.0. The molecule has 8 atom stereocenters. The van der Waals surface area contributed by atoms with E-state index < -0.39 is 52.5 Å². The summed E-state index contributed by atoms with van der Waals surface area (Å²) in [6.45, 7) is 4.07. The van der Waals surface area contributed by atoms with Crippen molar-refractivity contribution in [3.63, 3.8) is 0 Å². The zero-order valence-electron chi connectivity index (χ0n) is 32.9. The molecule has 8 fully saturated rings. The van der Waals surface area contributed by atoms with Crippen molar-refractivity contribution >= 4 is 82.5 Å². The Morgan fingerprint density at radius 2 is 1.38 bits per heavy atom. The summed E-state index contributed by atoms with van der Waals surface area (Å²) in [6.07, 6.45) is 1.06. The molecule has 60 heavy (non-hydrogen) atoms. The minimum absolute atomic E-state index is 0.0597. The number of anilines is 1. The molecule has 4 amide bonds. The molecule has 9 heterocycles. The number of amides is 4. The Bertz CT molecular complexity index is 2640. The first-order chi connectivity index (χ1) is 28.7. The van der Waals surface area contributed by atoms with Crippen LogP contribution >= 0.6 is 43.2 Å². The van der Waals surface area contributed by atoms with Crippen molar-refractivity contribution in [2.75, 3.05) is 24.4 Å². The van der Waals surface area contributed by atoms with Crippen molar-refractivity contribution < 1.29 is 27.6 Å². The Morgan fingerprint density at radius 1 is 0.750 bits per heavy atom. The Kier molecular flexibility index (Phi) is 8.14. The number of hydrogen-bond donors (Lipinski definition) is 0. The predicted octanol–water partition coefficient (Wildman–Crippen LogP) is 6.20. The molecule has 2 spiro atoms. The number of unbranched alkanes of at least 4 members (excludes halogenated alkanes) is 1. The highest BCUT2D eigenvalue weighted by molar-refractivity contribution is 8.78. The summed E-state index contributed by atoms with van der Waals surface area (Å²) in [5.41, 5.74) is 10.0. The molecular formula is C41H40N8O6S5. The molecule has 9 aliphatic heterocycles. The van der Waals surface area contributed by atoms with Gasteiger partial charge < -0.3 is 14.7 Å². The second-order valence-corrected chi connectivity index (χ2v) is 24.8. The minimum atomic E-state index is -4.37. The molecule has 14 nitrogen and oxygen atoms in total. The van der Waals surface area contributed by atoms with Crippen LogP contribution in [0.4, 0.5) is 5.69 Å². The highest BCUT2D eigenvalue weighted by Gasteiger charge is 2.83. The van der Waals surface area contributed by atoms with Gasteiger partial charge in [-0.3, -0.25) is 24.1 Å². The Hall–Kier alpha value is -4.00. The van der Waals surface area contributed by atoms with Gasteiger partial charge in [0.05, 0.1) is 10.6 Å². The lowest BCUT2D eigenvalue weighted by atomic mass is 9.62. The first kappa shape index (κ1) is 38.9. The van der Waals surface area contributed by atoms with E-state index in [2.05, 4.69) is 22.2 Å². The van der Waals surface area contributed by atoms with E-state index in [4.69, 9.17) is 5.53 Å². The zero-order valence-corrected chi connectivity index (χ0v) is 37.0. The molecular weight excluding hydrogens is 861 g/mol. The summed E-state index contributed by atoms with van der Waals surface area (Å²) < 4.78 is 32.2. The highest BCUT2D eigenvalue weighted by Crippen LogP contribution is 2.75. The number of piperazine rings is 2. The number of carbonyl (C=O) groups excluding carboxylic acids is 4. The van der Waals surface area contributed by atoms with Gasteiger partial charge in [-0.2, -0.15) is 0 Å². The lowest BCUT2D eigenvalue weighted by molar-refractivity contribution is -0.165. The van der Waals surface area contributed by atoms with E-state index in [0.29, 0.717) is 30.5 Å². The van der Waals surface area contributed by atoms with Crippen LogP contribution in [0.2, 0.25) is 0 Å². The third-order valence-corrected chi connectivity index (χ3v) is 23.7. The van der Waals surface area contributed by atoms with E-state index in [1.165, 1.54) is 47.5 Å². The highest BCUT2D eigenvalue weighted by atomic mass is 33.1. The standard InChI is InChI=1S/C41H40N8O6S5/c1-36-32(50)47-30-21-25-13-7-8-16-27(25)38(30,23-40(47,58-56-36)34(52)45(36)3)22-39-24-41-35(53)46(20-12-11-19-43-44-42)37(2,57-59-41)33(51)48(41)31(39)49(29-18-10-9-17-28(29)39)60(54,55)26-14-5-4-6-15-26/h4-10,13-18,30-31H,11-12,19-24H2,1-3H3/t30-,31-,36-,37-,38+,39+,40-,41-/m0/s1. The van der Waals surface area contributed by atoms with E-state index >= 15 is 18.0 Å². The molecule has 10 aliphatic rings. The number of carbonyl (C=O) groups is 4. The van der Waals surface area contributed by atoms with Crippen LogP contribution in [-0.2, 0) is 46.5 Å². The molecule has 3 aromatic rings. The lowest BCUT2D eigenvalue weighted by Gasteiger charge is -2.59. The quantitative estimate of drug-likeness (QED) is 0.0794. The average molecular weight is 901 g/mol. The molecule has 0 aromatic heterocycles. The summed E-state index contributed by atoms with van der Waals surface area (Å²) in [7, 11) is 2.88. The normalized spacial score (nSPS) is 36.6. The topological polar surface area (TPSA) is 167 Å². The number of nitrogens with zero attached hydrogens (tertiary/aromatic N) is 8. The summed E-state index contributed by atoms with van der Waals surface area (Å²) in [4.78, 5) is 65.1. The van der Waals surface area contributed by atoms with E-state index in [1.54, 1.807) is 71.1 Å². The molecule has 4 bridgehead atoms. The number of likely N-dealkylation sites (N-methyl/N-ethyl adjacent to an activating group) is 1. The van der Waals surface area contributed by atoms with Crippen molar-refractivity contribution in [3.8, 4) is 0 Å². The molecule has 310 valence electrons. The largest absolute Gasteiger partial charge is 0.319 e. The molecule has 13 rings (SSSR count). The smallest absolute Gasteiger partial charge is 0.266 e. The Labute approximate surface area is 363 Å². The summed E-state index contributed by atoms with van der Waals surface area (Å²) in [6, 6.07) is 23.3. The van der Waals surface area contributed by atoms with Gasteiger partial charge in [-0.15, -0.1) is 0 Å². The van der Waals surface area contributed by atoms with E-state index in [1.807, 2.05) is 36.1 Å². The van der Waals surface area contributed by atoms with Crippen LogP contribution in [0.15, 0.2) is 88.9 Å². The second-order valence-electron chi connectivity index (χ2n) is 17.4. The average Bonchev–Trinajstić information content (AvgIpc) is 3.90. The maximum absolute atomic E-state index is 15.5. The van der Waals surface area contributed by atoms with Crippen LogP contribution in [0.1, 0.15) is 62.6 Å². The number of para-hydroxylation sites is 1. The number of rotatable bonds is 9. The van der Waals surface area contributed by atoms with Crippen LogP contribution in [0.3, 0.4) is 0 Å². The van der Waals surface area contributed by atoms with Crippen molar-refractivity contribution in [2.24, 2.45) is 5.11 Å². The van der Waals surface area contributed by atoms with Gasteiger partial charge in [-0.1, -0.05) is 109 Å². The lowest BCUT2D eigenvalue weighted by Crippen LogP contribution is -2.77. The fourth-order valence-corrected chi connectivity index (χ4v) is 20.7. The van der Waals surface area contributed by atoms with Crippen LogP contribution in [0, 0.1) is 0 Å². The number of azide groups is 1. The molecule has 3 aromatic carbocycles. The predicted molar refractivity (Wildman–Crippen MR) is 232 cm³/mol. The maximum Gasteiger partial charge on any atom is 0.266 e. The van der Waals surface area contributed by atoms with Crippen molar-refractivity contribution in [1.82, 2.24) is 19.6 Å². The second kappa shape index (κ2) is 12.6. The fourth-order valence-electron chi connectivity index (χ4n) is 12.0. The van der Waals surface area contributed by atoms with Crippen molar-refractivity contribution in [3.05, 3.63) is 106 Å². The third kappa shape index (κ3) is 4.43. The van der Waals surface area contributed by atoms with Crippen molar-refractivity contribution in [1.29, 1.82) is 0 Å². The van der Waals surface area contributed by atoms with Crippen LogP contribution in [-0.4, -0.2) is 103 Å². The first-order valence-corrected chi connectivity index (χ1v) is 25.7. The molecule has 1 aliphatic carbocycles. The molecule has 0 saturated carbocycles. The van der Waals surface area contributed by atoms with E-state index in [9.17, 15) is 9.59 Å². The van der Waals surface area contributed by atoms with Crippen molar-refractivity contribution in [2.45, 2.75) is 99.8 Å². The van der Waals surface area contributed by atoms with E-state index in [-0.39, 0.29) is 60.9 Å². The Balaban J connectivity index is 1.14. The zero-order chi connectivity index (χ0) is 41.8. The van der Waals surface area contributed by atoms with Gasteiger partial charge >= 0.3 is 0 Å². The molecule has 0 unspecified atom stereocenters. The van der Waals surface area contributed by atoms with Gasteiger partial charge in [0, 0.05) is 54.8 Å². The van der Waals surface area contributed by atoms with Gasteiger partial charge in [-0.25, -0.2) is 12.7 Å². The third-order valence-electron chi connectivity index (χ3n) is 14.6. The number of hydrogen-bond acceptors (Lipinski definition) is 11. The van der Waals surface area contributed by atoms with Gasteiger partial charge in [0.15, 0.2) is 19.5 Å². The van der Waals surface area contributed by atoms with Gasteiger partial charge in [0.2, 0.25) is 0 Å². The van der Waals surface area contributed by atoms with Gasteiger partial charge in [0.1, 0.15) is 6.17 Å². The molecule has 8 saturated heterocycles. The van der Waals surface area contributed by atoms with Crippen LogP contribution in [0.25, 0.3) is 10.4 Å². The van der Waals surface area contributed by atoms with Crippen LogP contribution < -0.4 is 4.31 Å². The maximum atomic E-state index is 15.5. The Morgan fingerprint density at radius 3 is 2.13 bits per heavy atom. The van der Waals surface area contributed by atoms with E-state index in [0.717, 1.165) is 11.1 Å². The molecule has 0 N–H and O–H groups in total. The minimum Gasteiger partial charge on any atom is -0.319 e. The number of benzene rings is 3. The number of fused-ring (bicyclic) bond motifs is 10. The molecule has 0 radical (unpaired) electrons. The van der Waals surface area contributed by atoms with Gasteiger partial charge in [0.25, 0.3) is 33.7 Å². The number of sulfonamides is 1.